The van der Waals surface area contributed by atoms with E-state index in [0.717, 1.165) is 25.3 Å². The van der Waals surface area contributed by atoms with E-state index in [1.807, 2.05) is 18.6 Å². The van der Waals surface area contributed by atoms with Crippen molar-refractivity contribution in [1.82, 2.24) is 29.3 Å². The van der Waals surface area contributed by atoms with Crippen molar-refractivity contribution in [2.45, 2.75) is 44.2 Å². The van der Waals surface area contributed by atoms with Crippen molar-refractivity contribution >= 4 is 5.95 Å². The van der Waals surface area contributed by atoms with Gasteiger partial charge in [0, 0.05) is 37.4 Å². The maximum atomic E-state index is 12.3. The topological polar surface area (TPSA) is 81.7 Å². The van der Waals surface area contributed by atoms with Crippen molar-refractivity contribution in [2.24, 2.45) is 0 Å². The zero-order valence-corrected chi connectivity index (χ0v) is 15.0. The van der Waals surface area contributed by atoms with Crippen molar-refractivity contribution in [2.75, 3.05) is 11.4 Å². The highest BCUT2D eigenvalue weighted by atomic mass is 16.1. The second-order valence-corrected chi connectivity index (χ2v) is 7.26. The van der Waals surface area contributed by atoms with Gasteiger partial charge in [0.25, 0.3) is 5.56 Å². The molecule has 0 aromatic carbocycles. The van der Waals surface area contributed by atoms with Gasteiger partial charge in [0.2, 0.25) is 5.95 Å². The Morgan fingerprint density at radius 1 is 1.11 bits per heavy atom. The number of imidazole rings is 1. The van der Waals surface area contributed by atoms with Gasteiger partial charge in [0.05, 0.1) is 12.6 Å². The van der Waals surface area contributed by atoms with Gasteiger partial charge in [-0.05, 0) is 43.2 Å². The van der Waals surface area contributed by atoms with E-state index >= 15 is 0 Å². The Morgan fingerprint density at radius 3 is 2.70 bits per heavy atom. The quantitative estimate of drug-likeness (QED) is 0.687. The summed E-state index contributed by atoms with van der Waals surface area (Å²) in [6.07, 6.45) is 13.7. The van der Waals surface area contributed by atoms with E-state index < -0.39 is 0 Å². The number of aromatic nitrogens is 6. The molecule has 4 heterocycles. The van der Waals surface area contributed by atoms with E-state index in [1.54, 1.807) is 29.2 Å². The largest absolute Gasteiger partial charge is 0.336 e. The first-order chi connectivity index (χ1) is 13.3. The van der Waals surface area contributed by atoms with Crippen LogP contribution in [0.2, 0.25) is 0 Å². The zero-order chi connectivity index (χ0) is 18.2. The van der Waals surface area contributed by atoms with Gasteiger partial charge < -0.3 is 4.90 Å². The molecule has 0 N–H and O–H groups in total. The number of hydrogen-bond acceptors (Lipinski definition) is 6. The fourth-order valence-corrected chi connectivity index (χ4v) is 3.70. The van der Waals surface area contributed by atoms with Gasteiger partial charge in [-0.1, -0.05) is 0 Å². The molecule has 5 rings (SSSR count). The molecule has 27 heavy (non-hydrogen) atoms. The third-order valence-electron chi connectivity index (χ3n) is 5.35. The molecular formula is C19H21N7O. The fourth-order valence-electron chi connectivity index (χ4n) is 3.70. The molecule has 2 fully saturated rings. The lowest BCUT2D eigenvalue weighted by Gasteiger charge is -2.25. The minimum Gasteiger partial charge on any atom is -0.336 e. The Bertz CT molecular complexity index is 976. The van der Waals surface area contributed by atoms with E-state index in [-0.39, 0.29) is 11.6 Å². The van der Waals surface area contributed by atoms with E-state index in [9.17, 15) is 4.79 Å². The summed E-state index contributed by atoms with van der Waals surface area (Å²) in [7, 11) is 0. The van der Waals surface area contributed by atoms with Gasteiger partial charge >= 0.3 is 0 Å². The molecule has 0 amide bonds. The van der Waals surface area contributed by atoms with Crippen LogP contribution in [0.3, 0.4) is 0 Å². The van der Waals surface area contributed by atoms with Crippen molar-refractivity contribution in [3.8, 4) is 5.82 Å². The Kier molecular flexibility index (Phi) is 3.95. The minimum absolute atomic E-state index is 0.101. The van der Waals surface area contributed by atoms with E-state index in [0.29, 0.717) is 18.3 Å². The van der Waals surface area contributed by atoms with Crippen LogP contribution < -0.4 is 10.5 Å². The molecule has 1 atom stereocenters. The number of anilines is 1. The molecular weight excluding hydrogens is 342 g/mol. The highest BCUT2D eigenvalue weighted by Crippen LogP contribution is 2.39. The third kappa shape index (κ3) is 3.22. The Hall–Kier alpha value is -3.03. The van der Waals surface area contributed by atoms with Crippen molar-refractivity contribution in [3.05, 3.63) is 59.2 Å². The summed E-state index contributed by atoms with van der Waals surface area (Å²) >= 11 is 0. The van der Waals surface area contributed by atoms with Crippen LogP contribution in [0.1, 0.15) is 37.2 Å². The Labute approximate surface area is 156 Å². The summed E-state index contributed by atoms with van der Waals surface area (Å²) in [6, 6.07) is 3.44. The summed E-state index contributed by atoms with van der Waals surface area (Å²) in [5, 5.41) is 4.51. The molecule has 3 aromatic heterocycles. The van der Waals surface area contributed by atoms with Crippen LogP contribution in [0.4, 0.5) is 5.95 Å². The summed E-state index contributed by atoms with van der Waals surface area (Å²) in [5.74, 6) is 2.09. The minimum atomic E-state index is -0.101. The highest BCUT2D eigenvalue weighted by molar-refractivity contribution is 5.34. The smallest absolute Gasteiger partial charge is 0.266 e. The van der Waals surface area contributed by atoms with Crippen LogP contribution in [0, 0.1) is 0 Å². The summed E-state index contributed by atoms with van der Waals surface area (Å²) < 4.78 is 3.33. The molecule has 8 nitrogen and oxygen atoms in total. The van der Waals surface area contributed by atoms with Crippen LogP contribution in [-0.2, 0) is 6.54 Å². The highest BCUT2D eigenvalue weighted by Gasteiger charge is 2.29. The van der Waals surface area contributed by atoms with Gasteiger partial charge in [0.15, 0.2) is 5.82 Å². The monoisotopic (exact) mass is 363 g/mol. The van der Waals surface area contributed by atoms with Crippen LogP contribution in [0.15, 0.2) is 48.0 Å². The summed E-state index contributed by atoms with van der Waals surface area (Å²) in [5.41, 5.74) is 1.14. The molecule has 0 bridgehead atoms. The molecule has 1 saturated heterocycles. The molecule has 1 aliphatic heterocycles. The van der Waals surface area contributed by atoms with E-state index in [2.05, 4.69) is 25.0 Å². The first-order valence-electron chi connectivity index (χ1n) is 9.43. The average molecular weight is 363 g/mol. The maximum Gasteiger partial charge on any atom is 0.266 e. The first kappa shape index (κ1) is 16.2. The lowest BCUT2D eigenvalue weighted by atomic mass is 10.2. The standard InChI is InChI=1S/C19H21N7O/c27-18-6-5-17(24-9-7-20-13-24)23-26(18)12-16-2-1-8-25(16)19-21-10-15(11-22-19)14-3-4-14/h5-7,9-11,13-14,16H,1-4,8,12H2. The van der Waals surface area contributed by atoms with Gasteiger partial charge in [-0.15, -0.1) is 0 Å². The van der Waals surface area contributed by atoms with Crippen molar-refractivity contribution in [1.29, 1.82) is 0 Å². The molecule has 1 unspecified atom stereocenters. The van der Waals surface area contributed by atoms with Gasteiger partial charge in [-0.3, -0.25) is 9.36 Å². The zero-order valence-electron chi connectivity index (χ0n) is 15.0. The number of nitrogens with zero attached hydrogens (tertiary/aromatic N) is 7. The molecule has 0 radical (unpaired) electrons. The van der Waals surface area contributed by atoms with Crippen LogP contribution in [-0.4, -0.2) is 41.9 Å². The Balaban J connectivity index is 1.38. The van der Waals surface area contributed by atoms with Crippen LogP contribution >= 0.6 is 0 Å². The molecule has 1 saturated carbocycles. The van der Waals surface area contributed by atoms with Gasteiger partial charge in [-0.25, -0.2) is 19.6 Å². The second-order valence-electron chi connectivity index (χ2n) is 7.26. The fraction of sp³-hybridized carbons (Fsp3) is 0.421. The molecule has 1 aliphatic carbocycles. The lowest BCUT2D eigenvalue weighted by Crippen LogP contribution is -2.38. The van der Waals surface area contributed by atoms with Crippen molar-refractivity contribution < 1.29 is 0 Å². The molecule has 2 aliphatic rings. The van der Waals surface area contributed by atoms with Crippen LogP contribution in [0.5, 0.6) is 0 Å². The predicted molar refractivity (Wildman–Crippen MR) is 100.0 cm³/mol. The summed E-state index contributed by atoms with van der Waals surface area (Å²) in [6.45, 7) is 1.43. The SMILES string of the molecule is O=c1ccc(-n2ccnc2)nn1CC1CCCN1c1ncc(C2CC2)cn1. The van der Waals surface area contributed by atoms with Crippen molar-refractivity contribution in [3.63, 3.8) is 0 Å². The van der Waals surface area contributed by atoms with Gasteiger partial charge in [0.1, 0.15) is 6.33 Å². The normalized spacial score (nSPS) is 19.6. The lowest BCUT2D eigenvalue weighted by molar-refractivity contribution is 0.482. The van der Waals surface area contributed by atoms with Gasteiger partial charge in [-0.2, -0.15) is 5.10 Å². The molecule has 3 aromatic rings. The average Bonchev–Trinajstić information content (AvgIpc) is 3.20. The molecule has 8 heteroatoms. The predicted octanol–water partition coefficient (Wildman–Crippen LogP) is 1.77. The first-order valence-corrected chi connectivity index (χ1v) is 9.43. The van der Waals surface area contributed by atoms with Crippen LogP contribution in [0.25, 0.3) is 5.82 Å². The molecule has 0 spiro atoms. The Morgan fingerprint density at radius 2 is 1.96 bits per heavy atom. The number of rotatable bonds is 5. The summed E-state index contributed by atoms with van der Waals surface area (Å²) in [4.78, 5) is 27.7. The third-order valence-corrected chi connectivity index (χ3v) is 5.35. The van der Waals surface area contributed by atoms with E-state index in [1.165, 1.54) is 23.1 Å². The maximum absolute atomic E-state index is 12.3. The molecule has 138 valence electrons. The second kappa shape index (κ2) is 6.61. The van der Waals surface area contributed by atoms with E-state index in [4.69, 9.17) is 0 Å². The number of hydrogen-bond donors (Lipinski definition) is 0.